The Bertz CT molecular complexity index is 340. The largest absolute Gasteiger partial charge is 0.364 e. The van der Waals surface area contributed by atoms with E-state index in [0.29, 0.717) is 17.5 Å². The Balaban J connectivity index is 1.81. The van der Waals surface area contributed by atoms with Crippen molar-refractivity contribution in [2.75, 3.05) is 11.9 Å². The van der Waals surface area contributed by atoms with E-state index < -0.39 is 0 Å². The predicted molar refractivity (Wildman–Crippen MR) is 63.5 cm³/mol. The quantitative estimate of drug-likeness (QED) is 0.864. The van der Waals surface area contributed by atoms with E-state index in [1.807, 2.05) is 0 Å². The van der Waals surface area contributed by atoms with Crippen LogP contribution >= 0.6 is 15.9 Å². The van der Waals surface area contributed by atoms with Crippen LogP contribution < -0.4 is 5.32 Å². The van der Waals surface area contributed by atoms with Crippen molar-refractivity contribution in [3.63, 3.8) is 0 Å². The summed E-state index contributed by atoms with van der Waals surface area (Å²) in [5.74, 6) is 1.14. The van der Waals surface area contributed by atoms with E-state index in [0.717, 1.165) is 11.9 Å². The second kappa shape index (κ2) is 5.48. The Hall–Kier alpha value is -0.840. The number of aromatic nitrogens is 1. The summed E-state index contributed by atoms with van der Waals surface area (Å²) in [5, 5.41) is 7.54. The van der Waals surface area contributed by atoms with Crippen molar-refractivity contribution in [2.24, 2.45) is 11.8 Å². The van der Waals surface area contributed by atoms with Crippen molar-refractivity contribution < 1.29 is 9.32 Å². The van der Waals surface area contributed by atoms with Gasteiger partial charge in [-0.2, -0.15) is 0 Å². The smallest absolute Gasteiger partial charge is 0.273 e. The van der Waals surface area contributed by atoms with Gasteiger partial charge in [0.15, 0.2) is 5.69 Å². The Morgan fingerprint density at radius 1 is 1.56 bits per heavy atom. The van der Waals surface area contributed by atoms with Gasteiger partial charge in [-0.25, -0.2) is 0 Å². The van der Waals surface area contributed by atoms with Gasteiger partial charge in [0.05, 0.1) is 0 Å². The fourth-order valence-electron chi connectivity index (χ4n) is 2.23. The number of hydrogen-bond acceptors (Lipinski definition) is 3. The summed E-state index contributed by atoms with van der Waals surface area (Å²) < 4.78 is 4.63. The average molecular weight is 287 g/mol. The molecular formula is C11H15BrN2O2. The second-order valence-electron chi connectivity index (χ2n) is 4.20. The van der Waals surface area contributed by atoms with E-state index in [4.69, 9.17) is 0 Å². The summed E-state index contributed by atoms with van der Waals surface area (Å²) in [5.41, 5.74) is 0.355. The molecule has 0 aliphatic heterocycles. The van der Waals surface area contributed by atoms with Gasteiger partial charge in [0.1, 0.15) is 6.26 Å². The molecule has 1 aliphatic rings. The SMILES string of the molecule is O=C(NCC1CCCC1CBr)c1ccon1. The first-order chi connectivity index (χ1) is 7.81. The fraction of sp³-hybridized carbons (Fsp3) is 0.636. The normalized spacial score (nSPS) is 24.6. The van der Waals surface area contributed by atoms with Crippen molar-refractivity contribution in [3.8, 4) is 0 Å². The van der Waals surface area contributed by atoms with Crippen molar-refractivity contribution in [3.05, 3.63) is 18.0 Å². The lowest BCUT2D eigenvalue weighted by Gasteiger charge is -2.17. The molecule has 1 aromatic rings. The number of nitrogens with one attached hydrogen (secondary N) is 1. The zero-order valence-electron chi connectivity index (χ0n) is 8.99. The van der Waals surface area contributed by atoms with Crippen LogP contribution in [0.2, 0.25) is 0 Å². The lowest BCUT2D eigenvalue weighted by Crippen LogP contribution is -2.31. The summed E-state index contributed by atoms with van der Waals surface area (Å²) in [6.45, 7) is 0.738. The molecule has 88 valence electrons. The monoisotopic (exact) mass is 286 g/mol. The topological polar surface area (TPSA) is 55.1 Å². The number of carbonyl (C=O) groups excluding carboxylic acids is 1. The van der Waals surface area contributed by atoms with Crippen LogP contribution in [0.15, 0.2) is 16.9 Å². The number of halogens is 1. The van der Waals surface area contributed by atoms with Gasteiger partial charge in [0.2, 0.25) is 0 Å². The third kappa shape index (κ3) is 2.64. The number of rotatable bonds is 4. The summed E-state index contributed by atoms with van der Waals surface area (Å²) in [6, 6.07) is 1.58. The first-order valence-electron chi connectivity index (χ1n) is 5.56. The summed E-state index contributed by atoms with van der Waals surface area (Å²) in [7, 11) is 0. The van der Waals surface area contributed by atoms with Gasteiger partial charge in [-0.05, 0) is 24.7 Å². The third-order valence-electron chi connectivity index (χ3n) is 3.21. The first-order valence-corrected chi connectivity index (χ1v) is 6.68. The Morgan fingerprint density at radius 3 is 3.06 bits per heavy atom. The molecule has 0 bridgehead atoms. The zero-order valence-corrected chi connectivity index (χ0v) is 10.6. The van der Waals surface area contributed by atoms with Crippen LogP contribution in [0.25, 0.3) is 0 Å². The van der Waals surface area contributed by atoms with Crippen molar-refractivity contribution >= 4 is 21.8 Å². The highest BCUT2D eigenvalue weighted by Gasteiger charge is 2.26. The number of alkyl halides is 1. The van der Waals surface area contributed by atoms with Gasteiger partial charge in [0, 0.05) is 17.9 Å². The highest BCUT2D eigenvalue weighted by molar-refractivity contribution is 9.09. The molecule has 16 heavy (non-hydrogen) atoms. The molecule has 0 radical (unpaired) electrons. The van der Waals surface area contributed by atoms with E-state index in [9.17, 15) is 4.79 Å². The van der Waals surface area contributed by atoms with E-state index in [-0.39, 0.29) is 5.91 Å². The van der Waals surface area contributed by atoms with Crippen LogP contribution in [0.1, 0.15) is 29.8 Å². The molecule has 5 heteroatoms. The highest BCUT2D eigenvalue weighted by atomic mass is 79.9. The van der Waals surface area contributed by atoms with Gasteiger partial charge in [-0.15, -0.1) is 0 Å². The lowest BCUT2D eigenvalue weighted by atomic mass is 9.98. The minimum Gasteiger partial charge on any atom is -0.364 e. The van der Waals surface area contributed by atoms with Crippen molar-refractivity contribution in [1.82, 2.24) is 10.5 Å². The van der Waals surface area contributed by atoms with Gasteiger partial charge >= 0.3 is 0 Å². The number of carbonyl (C=O) groups is 1. The van der Waals surface area contributed by atoms with Crippen LogP contribution in [-0.4, -0.2) is 22.9 Å². The molecule has 1 aromatic heterocycles. The average Bonchev–Trinajstić information content (AvgIpc) is 2.96. The maximum Gasteiger partial charge on any atom is 0.273 e. The minimum absolute atomic E-state index is 0.144. The van der Waals surface area contributed by atoms with Crippen LogP contribution in [0, 0.1) is 11.8 Å². The summed E-state index contributed by atoms with van der Waals surface area (Å²) in [6.07, 6.45) is 5.14. The maximum absolute atomic E-state index is 11.6. The third-order valence-corrected chi connectivity index (χ3v) is 4.04. The molecule has 2 unspecified atom stereocenters. The van der Waals surface area contributed by atoms with Gasteiger partial charge in [-0.1, -0.05) is 27.5 Å². The zero-order chi connectivity index (χ0) is 11.4. The Labute approximate surface area is 103 Å². The summed E-state index contributed by atoms with van der Waals surface area (Å²) in [4.78, 5) is 11.6. The molecule has 4 nitrogen and oxygen atoms in total. The number of nitrogens with zero attached hydrogens (tertiary/aromatic N) is 1. The summed E-state index contributed by atoms with van der Waals surface area (Å²) >= 11 is 3.52. The molecule has 1 N–H and O–H groups in total. The second-order valence-corrected chi connectivity index (χ2v) is 4.85. The minimum atomic E-state index is -0.144. The van der Waals surface area contributed by atoms with E-state index in [1.54, 1.807) is 6.07 Å². The van der Waals surface area contributed by atoms with E-state index in [1.165, 1.54) is 25.5 Å². The Morgan fingerprint density at radius 2 is 2.38 bits per heavy atom. The van der Waals surface area contributed by atoms with Gasteiger partial charge in [-0.3, -0.25) is 4.79 Å². The molecule has 0 spiro atoms. The fourth-order valence-corrected chi connectivity index (χ4v) is 3.08. The molecule has 1 saturated carbocycles. The van der Waals surface area contributed by atoms with Crippen LogP contribution in [0.5, 0.6) is 0 Å². The van der Waals surface area contributed by atoms with Crippen LogP contribution in [-0.2, 0) is 0 Å². The van der Waals surface area contributed by atoms with Crippen LogP contribution in [0.3, 0.4) is 0 Å². The van der Waals surface area contributed by atoms with Gasteiger partial charge < -0.3 is 9.84 Å². The molecule has 2 atom stereocenters. The highest BCUT2D eigenvalue weighted by Crippen LogP contribution is 2.32. The molecule has 2 rings (SSSR count). The maximum atomic E-state index is 11.6. The molecule has 0 saturated heterocycles. The lowest BCUT2D eigenvalue weighted by molar-refractivity contribution is 0.0935. The molecule has 1 aliphatic carbocycles. The molecule has 1 heterocycles. The first kappa shape index (κ1) is 11.6. The number of amides is 1. The number of hydrogen-bond donors (Lipinski definition) is 1. The van der Waals surface area contributed by atoms with E-state index >= 15 is 0 Å². The van der Waals surface area contributed by atoms with Crippen molar-refractivity contribution in [2.45, 2.75) is 19.3 Å². The van der Waals surface area contributed by atoms with Crippen molar-refractivity contribution in [1.29, 1.82) is 0 Å². The molecule has 0 aromatic carbocycles. The molecular weight excluding hydrogens is 272 g/mol. The molecule has 1 fully saturated rings. The van der Waals surface area contributed by atoms with Crippen LogP contribution in [0.4, 0.5) is 0 Å². The predicted octanol–water partition coefficient (Wildman–Crippen LogP) is 2.22. The van der Waals surface area contributed by atoms with Gasteiger partial charge in [0.25, 0.3) is 5.91 Å². The standard InChI is InChI=1S/C11H15BrN2O2/c12-6-8-2-1-3-9(8)7-13-11(15)10-4-5-16-14-10/h4-5,8-9H,1-3,6-7H2,(H,13,15). The Kier molecular flexibility index (Phi) is 3.98. The van der Waals surface area contributed by atoms with E-state index in [2.05, 4.69) is 30.9 Å². The molecule has 1 amide bonds.